The molecule has 1 aliphatic rings. The van der Waals surface area contributed by atoms with Crippen LogP contribution in [-0.4, -0.2) is 27.3 Å². The highest BCUT2D eigenvalue weighted by Gasteiger charge is 2.19. The molecule has 0 aliphatic carbocycles. The Bertz CT molecular complexity index is 478. The Hall–Kier alpha value is -0.940. The van der Waals surface area contributed by atoms with Crippen molar-refractivity contribution in [1.29, 1.82) is 0 Å². The highest BCUT2D eigenvalue weighted by Crippen LogP contribution is 2.20. The average molecular weight is 271 g/mol. The number of halogens is 1. The van der Waals surface area contributed by atoms with E-state index in [-0.39, 0.29) is 10.6 Å². The second-order valence-corrected chi connectivity index (χ2v) is 6.86. The zero-order chi connectivity index (χ0) is 13.0. The van der Waals surface area contributed by atoms with Crippen LogP contribution in [0.25, 0.3) is 0 Å². The maximum atomic E-state index is 12.7. The monoisotopic (exact) mass is 271 g/mol. The molecule has 18 heavy (non-hydrogen) atoms. The first-order valence-corrected chi connectivity index (χ1v) is 7.92. The van der Waals surface area contributed by atoms with E-state index in [0.717, 1.165) is 25.9 Å². The molecule has 100 valence electrons. The lowest BCUT2D eigenvalue weighted by molar-refractivity contribution is 0.365. The molecule has 1 aliphatic heterocycles. The van der Waals surface area contributed by atoms with Crippen molar-refractivity contribution in [3.05, 3.63) is 30.1 Å². The van der Waals surface area contributed by atoms with Crippen LogP contribution in [0.2, 0.25) is 0 Å². The predicted molar refractivity (Wildman–Crippen MR) is 68.7 cm³/mol. The summed E-state index contributed by atoms with van der Waals surface area (Å²) in [5.41, 5.74) is 0. The van der Waals surface area contributed by atoms with E-state index in [1.165, 1.54) is 24.3 Å². The van der Waals surface area contributed by atoms with Crippen molar-refractivity contribution >= 4 is 9.84 Å². The van der Waals surface area contributed by atoms with Gasteiger partial charge in [-0.05, 0) is 62.5 Å². The van der Waals surface area contributed by atoms with Crippen LogP contribution in [0, 0.1) is 11.7 Å². The standard InChI is InChI=1S/C13H18FNO2S/c14-12-1-3-13(4-2-12)18(16,17)10-7-11-5-8-15-9-6-11/h1-4,11,15H,5-10H2. The van der Waals surface area contributed by atoms with Gasteiger partial charge in [0.15, 0.2) is 9.84 Å². The van der Waals surface area contributed by atoms with Crippen molar-refractivity contribution in [1.82, 2.24) is 5.32 Å². The summed E-state index contributed by atoms with van der Waals surface area (Å²) in [4.78, 5) is 0.220. The quantitative estimate of drug-likeness (QED) is 0.852. The molecular formula is C13H18FNO2S. The third-order valence-corrected chi connectivity index (χ3v) is 5.19. The van der Waals surface area contributed by atoms with Gasteiger partial charge in [0.2, 0.25) is 0 Å². The summed E-state index contributed by atoms with van der Waals surface area (Å²) in [6.07, 6.45) is 2.78. The van der Waals surface area contributed by atoms with Gasteiger partial charge >= 0.3 is 0 Å². The van der Waals surface area contributed by atoms with Gasteiger partial charge < -0.3 is 5.32 Å². The topological polar surface area (TPSA) is 46.2 Å². The van der Waals surface area contributed by atoms with E-state index in [0.29, 0.717) is 12.3 Å². The van der Waals surface area contributed by atoms with Gasteiger partial charge in [-0.2, -0.15) is 0 Å². The van der Waals surface area contributed by atoms with Gasteiger partial charge in [0.1, 0.15) is 5.82 Å². The number of hydrogen-bond acceptors (Lipinski definition) is 3. The van der Waals surface area contributed by atoms with Gasteiger partial charge in [0, 0.05) is 0 Å². The van der Waals surface area contributed by atoms with Gasteiger partial charge in [0.05, 0.1) is 10.6 Å². The molecular weight excluding hydrogens is 253 g/mol. The molecule has 3 nitrogen and oxygen atoms in total. The smallest absolute Gasteiger partial charge is 0.178 e. The molecule has 0 saturated carbocycles. The van der Waals surface area contributed by atoms with Crippen molar-refractivity contribution in [3.63, 3.8) is 0 Å². The minimum absolute atomic E-state index is 0.156. The van der Waals surface area contributed by atoms with Crippen LogP contribution in [0.1, 0.15) is 19.3 Å². The molecule has 0 spiro atoms. The third kappa shape index (κ3) is 3.53. The molecule has 0 radical (unpaired) electrons. The van der Waals surface area contributed by atoms with E-state index >= 15 is 0 Å². The summed E-state index contributed by atoms with van der Waals surface area (Å²) in [5, 5.41) is 3.26. The van der Waals surface area contributed by atoms with E-state index in [2.05, 4.69) is 5.32 Å². The lowest BCUT2D eigenvalue weighted by Crippen LogP contribution is -2.28. The fourth-order valence-electron chi connectivity index (χ4n) is 2.25. The fourth-order valence-corrected chi connectivity index (χ4v) is 3.68. The van der Waals surface area contributed by atoms with Gasteiger partial charge in [0.25, 0.3) is 0 Å². The predicted octanol–water partition coefficient (Wildman–Crippen LogP) is 1.99. The maximum absolute atomic E-state index is 12.7. The summed E-state index contributed by atoms with van der Waals surface area (Å²) in [6, 6.07) is 5.06. The Morgan fingerprint density at radius 2 is 1.78 bits per heavy atom. The zero-order valence-electron chi connectivity index (χ0n) is 10.2. The summed E-state index contributed by atoms with van der Waals surface area (Å²) < 4.78 is 36.8. The van der Waals surface area contributed by atoms with Crippen LogP contribution < -0.4 is 5.32 Å². The molecule has 1 N–H and O–H groups in total. The van der Waals surface area contributed by atoms with Crippen LogP contribution in [0.5, 0.6) is 0 Å². The first-order valence-electron chi connectivity index (χ1n) is 6.27. The molecule has 1 aromatic carbocycles. The first-order chi connectivity index (χ1) is 8.58. The number of rotatable bonds is 4. The lowest BCUT2D eigenvalue weighted by Gasteiger charge is -2.22. The molecule has 1 saturated heterocycles. The molecule has 1 aromatic rings. The van der Waals surface area contributed by atoms with Gasteiger partial charge in [-0.25, -0.2) is 12.8 Å². The lowest BCUT2D eigenvalue weighted by atomic mass is 9.96. The first kappa shape index (κ1) is 13.5. The number of hydrogen-bond donors (Lipinski definition) is 1. The Balaban J connectivity index is 1.96. The van der Waals surface area contributed by atoms with Crippen LogP contribution >= 0.6 is 0 Å². The second-order valence-electron chi connectivity index (χ2n) is 4.75. The summed E-state index contributed by atoms with van der Waals surface area (Å²) in [6.45, 7) is 1.95. The minimum atomic E-state index is -3.26. The third-order valence-electron chi connectivity index (χ3n) is 3.43. The largest absolute Gasteiger partial charge is 0.317 e. The van der Waals surface area contributed by atoms with Crippen LogP contribution in [0.3, 0.4) is 0 Å². The molecule has 0 amide bonds. The number of nitrogens with one attached hydrogen (secondary N) is 1. The normalized spacial score (nSPS) is 17.8. The molecule has 0 unspecified atom stereocenters. The summed E-state index contributed by atoms with van der Waals surface area (Å²) in [5.74, 6) is 0.234. The molecule has 1 fully saturated rings. The molecule has 2 rings (SSSR count). The molecule has 0 bridgehead atoms. The highest BCUT2D eigenvalue weighted by molar-refractivity contribution is 7.91. The van der Waals surface area contributed by atoms with Gasteiger partial charge in [-0.15, -0.1) is 0 Å². The molecule has 0 aromatic heterocycles. The number of benzene rings is 1. The van der Waals surface area contributed by atoms with E-state index in [4.69, 9.17) is 0 Å². The summed E-state index contributed by atoms with van der Waals surface area (Å²) >= 11 is 0. The van der Waals surface area contributed by atoms with Crippen molar-refractivity contribution < 1.29 is 12.8 Å². The molecule has 0 atom stereocenters. The van der Waals surface area contributed by atoms with Crippen molar-refractivity contribution in [2.45, 2.75) is 24.2 Å². The van der Waals surface area contributed by atoms with Crippen LogP contribution in [-0.2, 0) is 9.84 Å². The zero-order valence-corrected chi connectivity index (χ0v) is 11.0. The Morgan fingerprint density at radius 1 is 1.17 bits per heavy atom. The van der Waals surface area contributed by atoms with E-state index in [1.807, 2.05) is 0 Å². The SMILES string of the molecule is O=S(=O)(CCC1CCNCC1)c1ccc(F)cc1. The Kier molecular flexibility index (Phi) is 4.35. The van der Waals surface area contributed by atoms with E-state index in [9.17, 15) is 12.8 Å². The van der Waals surface area contributed by atoms with E-state index < -0.39 is 15.7 Å². The highest BCUT2D eigenvalue weighted by atomic mass is 32.2. The van der Waals surface area contributed by atoms with Crippen molar-refractivity contribution in [2.24, 2.45) is 5.92 Å². The van der Waals surface area contributed by atoms with Crippen molar-refractivity contribution in [3.8, 4) is 0 Å². The van der Waals surface area contributed by atoms with Gasteiger partial charge in [-0.1, -0.05) is 0 Å². The second kappa shape index (κ2) is 5.80. The van der Waals surface area contributed by atoms with E-state index in [1.54, 1.807) is 0 Å². The van der Waals surface area contributed by atoms with Crippen molar-refractivity contribution in [2.75, 3.05) is 18.8 Å². The molecule has 1 heterocycles. The van der Waals surface area contributed by atoms with Gasteiger partial charge in [-0.3, -0.25) is 0 Å². The Morgan fingerprint density at radius 3 is 2.39 bits per heavy atom. The fraction of sp³-hybridized carbons (Fsp3) is 0.538. The maximum Gasteiger partial charge on any atom is 0.178 e. The summed E-state index contributed by atoms with van der Waals surface area (Å²) in [7, 11) is -3.26. The molecule has 5 heteroatoms. The van der Waals surface area contributed by atoms with Crippen LogP contribution in [0.4, 0.5) is 4.39 Å². The average Bonchev–Trinajstić information content (AvgIpc) is 2.38. The van der Waals surface area contributed by atoms with Crippen LogP contribution in [0.15, 0.2) is 29.2 Å². The number of piperidine rings is 1. The minimum Gasteiger partial charge on any atom is -0.317 e. The number of sulfone groups is 1. The Labute approximate surface area is 107 Å².